The van der Waals surface area contributed by atoms with Gasteiger partial charge in [-0.25, -0.2) is 4.79 Å². The van der Waals surface area contributed by atoms with Crippen LogP contribution in [-0.2, 0) is 0 Å². The van der Waals surface area contributed by atoms with Gasteiger partial charge >= 0.3 is 5.97 Å². The van der Waals surface area contributed by atoms with Crippen molar-refractivity contribution < 1.29 is 19.4 Å². The van der Waals surface area contributed by atoms with Crippen LogP contribution < -0.4 is 4.74 Å². The molecule has 0 fully saturated rings. The standard InChI is InChI=1S/C16H14O4/c1-10-9-13(16(18)19)5-8-15(10)20-14-6-3-12(4-7-14)11(2)17/h3-9H,1-2H3,(H,18,19). The summed E-state index contributed by atoms with van der Waals surface area (Å²) in [5.74, 6) is 0.218. The molecule has 0 spiro atoms. The van der Waals surface area contributed by atoms with Gasteiger partial charge in [0.1, 0.15) is 11.5 Å². The van der Waals surface area contributed by atoms with Crippen molar-refractivity contribution in [2.45, 2.75) is 13.8 Å². The SMILES string of the molecule is CC(=O)c1ccc(Oc2ccc(C(=O)O)cc2C)cc1. The van der Waals surface area contributed by atoms with E-state index in [-0.39, 0.29) is 11.3 Å². The van der Waals surface area contributed by atoms with Gasteiger partial charge in [0.2, 0.25) is 0 Å². The average molecular weight is 270 g/mol. The van der Waals surface area contributed by atoms with E-state index in [2.05, 4.69) is 0 Å². The zero-order valence-electron chi connectivity index (χ0n) is 11.2. The van der Waals surface area contributed by atoms with E-state index in [1.807, 2.05) is 0 Å². The molecule has 0 aliphatic heterocycles. The fraction of sp³-hybridized carbons (Fsp3) is 0.125. The first-order valence-electron chi connectivity index (χ1n) is 6.10. The molecule has 0 aliphatic rings. The highest BCUT2D eigenvalue weighted by Crippen LogP contribution is 2.26. The van der Waals surface area contributed by atoms with E-state index < -0.39 is 5.97 Å². The molecule has 0 heterocycles. The lowest BCUT2D eigenvalue weighted by molar-refractivity contribution is 0.0696. The molecule has 2 rings (SSSR count). The van der Waals surface area contributed by atoms with Crippen molar-refractivity contribution in [3.63, 3.8) is 0 Å². The van der Waals surface area contributed by atoms with Crippen molar-refractivity contribution in [3.8, 4) is 11.5 Å². The summed E-state index contributed by atoms with van der Waals surface area (Å²) in [6.07, 6.45) is 0. The minimum Gasteiger partial charge on any atom is -0.478 e. The molecule has 102 valence electrons. The van der Waals surface area contributed by atoms with E-state index in [9.17, 15) is 9.59 Å². The number of carboxylic acids is 1. The number of carbonyl (C=O) groups excluding carboxylic acids is 1. The maximum Gasteiger partial charge on any atom is 0.335 e. The number of carboxylic acid groups (broad SMARTS) is 1. The first-order valence-corrected chi connectivity index (χ1v) is 6.10. The average Bonchev–Trinajstić information content (AvgIpc) is 2.41. The number of rotatable bonds is 4. The Kier molecular flexibility index (Phi) is 3.84. The summed E-state index contributed by atoms with van der Waals surface area (Å²) < 4.78 is 5.67. The molecule has 0 saturated heterocycles. The third-order valence-corrected chi connectivity index (χ3v) is 2.91. The Morgan fingerprint density at radius 1 is 1.00 bits per heavy atom. The summed E-state index contributed by atoms with van der Waals surface area (Å²) in [5.41, 5.74) is 1.58. The highest BCUT2D eigenvalue weighted by atomic mass is 16.5. The van der Waals surface area contributed by atoms with E-state index in [1.165, 1.54) is 13.0 Å². The molecular formula is C16H14O4. The highest BCUT2D eigenvalue weighted by molar-refractivity contribution is 5.94. The van der Waals surface area contributed by atoms with Gasteiger partial charge in [-0.15, -0.1) is 0 Å². The van der Waals surface area contributed by atoms with Crippen LogP contribution in [0.3, 0.4) is 0 Å². The van der Waals surface area contributed by atoms with Gasteiger partial charge in [-0.2, -0.15) is 0 Å². The predicted octanol–water partition coefficient (Wildman–Crippen LogP) is 3.69. The summed E-state index contributed by atoms with van der Waals surface area (Å²) in [7, 11) is 0. The monoisotopic (exact) mass is 270 g/mol. The Balaban J connectivity index is 2.21. The molecule has 0 aliphatic carbocycles. The second kappa shape index (κ2) is 5.57. The molecule has 2 aromatic rings. The first kappa shape index (κ1) is 13.8. The van der Waals surface area contributed by atoms with Crippen LogP contribution >= 0.6 is 0 Å². The van der Waals surface area contributed by atoms with Crippen LogP contribution in [0.15, 0.2) is 42.5 Å². The van der Waals surface area contributed by atoms with Crippen molar-refractivity contribution in [3.05, 3.63) is 59.2 Å². The molecule has 0 amide bonds. The Bertz CT molecular complexity index is 657. The lowest BCUT2D eigenvalue weighted by Crippen LogP contribution is -1.97. The third-order valence-electron chi connectivity index (χ3n) is 2.91. The maximum absolute atomic E-state index is 11.2. The van der Waals surface area contributed by atoms with Crippen molar-refractivity contribution in [1.29, 1.82) is 0 Å². The number of aryl methyl sites for hydroxylation is 1. The first-order chi connectivity index (χ1) is 9.47. The number of ketones is 1. The lowest BCUT2D eigenvalue weighted by atomic mass is 10.1. The highest BCUT2D eigenvalue weighted by Gasteiger charge is 2.07. The second-order valence-electron chi connectivity index (χ2n) is 4.47. The van der Waals surface area contributed by atoms with E-state index in [1.54, 1.807) is 43.3 Å². The van der Waals surface area contributed by atoms with Gasteiger partial charge in [-0.3, -0.25) is 4.79 Å². The Hall–Kier alpha value is -2.62. The summed E-state index contributed by atoms with van der Waals surface area (Å²) in [5, 5.41) is 8.90. The minimum atomic E-state index is -0.967. The number of aromatic carboxylic acids is 1. The van der Waals surface area contributed by atoms with Gasteiger partial charge in [0, 0.05) is 5.56 Å². The Morgan fingerprint density at radius 3 is 2.10 bits per heavy atom. The quantitative estimate of drug-likeness (QED) is 0.860. The van der Waals surface area contributed by atoms with Crippen LogP contribution in [0.5, 0.6) is 11.5 Å². The van der Waals surface area contributed by atoms with Crippen LogP contribution in [0.1, 0.15) is 33.2 Å². The normalized spacial score (nSPS) is 10.1. The smallest absolute Gasteiger partial charge is 0.335 e. The van der Waals surface area contributed by atoms with Crippen LogP contribution in [0.25, 0.3) is 0 Å². The number of Topliss-reactive ketones (excluding diaryl/α,β-unsaturated/α-hetero) is 1. The fourth-order valence-corrected chi connectivity index (χ4v) is 1.78. The second-order valence-corrected chi connectivity index (χ2v) is 4.47. The van der Waals surface area contributed by atoms with Crippen molar-refractivity contribution in [2.75, 3.05) is 0 Å². The molecule has 20 heavy (non-hydrogen) atoms. The van der Waals surface area contributed by atoms with Gasteiger partial charge in [0.05, 0.1) is 5.56 Å². The van der Waals surface area contributed by atoms with Crippen molar-refractivity contribution in [2.24, 2.45) is 0 Å². The molecule has 0 atom stereocenters. The molecule has 0 bridgehead atoms. The van der Waals surface area contributed by atoms with Crippen molar-refractivity contribution in [1.82, 2.24) is 0 Å². The summed E-state index contributed by atoms with van der Waals surface area (Å²) >= 11 is 0. The van der Waals surface area contributed by atoms with Crippen LogP contribution in [0.2, 0.25) is 0 Å². The molecule has 4 heteroatoms. The molecule has 2 aromatic carbocycles. The van der Waals surface area contributed by atoms with Crippen LogP contribution in [0, 0.1) is 6.92 Å². The minimum absolute atomic E-state index is 0.00135. The molecule has 0 aromatic heterocycles. The van der Waals surface area contributed by atoms with Gasteiger partial charge in [-0.05, 0) is 61.9 Å². The molecule has 0 radical (unpaired) electrons. The van der Waals surface area contributed by atoms with E-state index in [0.717, 1.165) is 5.56 Å². The molecular weight excluding hydrogens is 256 g/mol. The maximum atomic E-state index is 11.2. The molecule has 4 nitrogen and oxygen atoms in total. The van der Waals surface area contributed by atoms with Crippen molar-refractivity contribution >= 4 is 11.8 Å². The Morgan fingerprint density at radius 2 is 1.60 bits per heavy atom. The van der Waals surface area contributed by atoms with Crippen LogP contribution in [-0.4, -0.2) is 16.9 Å². The summed E-state index contributed by atoms with van der Waals surface area (Å²) in [6, 6.07) is 11.5. The number of ether oxygens (including phenoxy) is 1. The van der Waals surface area contributed by atoms with Gasteiger partial charge in [0.25, 0.3) is 0 Å². The van der Waals surface area contributed by atoms with E-state index >= 15 is 0 Å². The molecule has 0 saturated carbocycles. The molecule has 0 unspecified atom stereocenters. The third kappa shape index (κ3) is 3.03. The zero-order chi connectivity index (χ0) is 14.7. The number of benzene rings is 2. The predicted molar refractivity (Wildman–Crippen MR) is 74.7 cm³/mol. The lowest BCUT2D eigenvalue weighted by Gasteiger charge is -2.09. The topological polar surface area (TPSA) is 63.6 Å². The summed E-state index contributed by atoms with van der Waals surface area (Å²) in [4.78, 5) is 22.0. The number of carbonyl (C=O) groups is 2. The number of hydrogen-bond donors (Lipinski definition) is 1. The van der Waals surface area contributed by atoms with E-state index in [0.29, 0.717) is 17.1 Å². The largest absolute Gasteiger partial charge is 0.478 e. The fourth-order valence-electron chi connectivity index (χ4n) is 1.78. The van der Waals surface area contributed by atoms with E-state index in [4.69, 9.17) is 9.84 Å². The summed E-state index contributed by atoms with van der Waals surface area (Å²) in [6.45, 7) is 3.29. The number of hydrogen-bond acceptors (Lipinski definition) is 3. The van der Waals surface area contributed by atoms with Gasteiger partial charge in [0.15, 0.2) is 5.78 Å². The zero-order valence-corrected chi connectivity index (χ0v) is 11.2. The Labute approximate surface area is 116 Å². The van der Waals surface area contributed by atoms with Crippen LogP contribution in [0.4, 0.5) is 0 Å². The van der Waals surface area contributed by atoms with Gasteiger partial charge < -0.3 is 9.84 Å². The van der Waals surface area contributed by atoms with Gasteiger partial charge in [-0.1, -0.05) is 0 Å². The molecule has 1 N–H and O–H groups in total.